The van der Waals surface area contributed by atoms with Crippen LogP contribution in [0.25, 0.3) is 11.0 Å². The van der Waals surface area contributed by atoms with Gasteiger partial charge in [-0.2, -0.15) is 0 Å². The molecule has 0 bridgehead atoms. The minimum absolute atomic E-state index is 0. The van der Waals surface area contributed by atoms with Crippen LogP contribution in [0, 0.1) is 0 Å². The predicted octanol–water partition coefficient (Wildman–Crippen LogP) is 4.24. The smallest absolute Gasteiger partial charge is 0.242 e. The minimum Gasteiger partial charge on any atom is -0.341 e. The van der Waals surface area contributed by atoms with Crippen molar-refractivity contribution < 1.29 is 4.79 Å². The van der Waals surface area contributed by atoms with E-state index >= 15 is 0 Å². The molecule has 5 nitrogen and oxygen atoms in total. The lowest BCUT2D eigenvalue weighted by atomic mass is 10.2. The summed E-state index contributed by atoms with van der Waals surface area (Å²) in [7, 11) is 0. The molecule has 0 spiro atoms. The second kappa shape index (κ2) is 10.3. The summed E-state index contributed by atoms with van der Waals surface area (Å²) in [5, 5.41) is 0. The minimum atomic E-state index is 0. The van der Waals surface area contributed by atoms with Gasteiger partial charge in [0.1, 0.15) is 12.4 Å². The first-order valence-corrected chi connectivity index (χ1v) is 10.8. The Labute approximate surface area is 174 Å². The van der Waals surface area contributed by atoms with Gasteiger partial charge in [-0.05, 0) is 50.9 Å². The van der Waals surface area contributed by atoms with E-state index in [-0.39, 0.29) is 18.3 Å². The highest BCUT2D eigenvalue weighted by molar-refractivity contribution is 5.85. The van der Waals surface area contributed by atoms with E-state index in [1.165, 1.54) is 38.5 Å². The molecule has 6 heteroatoms. The molecule has 2 aliphatic rings. The number of benzene rings is 1. The third-order valence-electron chi connectivity index (χ3n) is 6.05. The van der Waals surface area contributed by atoms with Gasteiger partial charge in [0.05, 0.1) is 17.6 Å². The van der Waals surface area contributed by atoms with Crippen molar-refractivity contribution in [2.24, 2.45) is 0 Å². The van der Waals surface area contributed by atoms with Crippen molar-refractivity contribution in [2.75, 3.05) is 26.2 Å². The molecule has 1 amide bonds. The Kier molecular flexibility index (Phi) is 7.74. The first-order valence-electron chi connectivity index (χ1n) is 10.8. The number of carbonyl (C=O) groups excluding carboxylic acids is 1. The van der Waals surface area contributed by atoms with Crippen LogP contribution in [0.3, 0.4) is 0 Å². The normalized spacial score (nSPS) is 19.1. The summed E-state index contributed by atoms with van der Waals surface area (Å²) in [6.07, 6.45) is 9.98. The van der Waals surface area contributed by atoms with E-state index in [1.807, 2.05) is 12.1 Å². The lowest BCUT2D eigenvalue weighted by Gasteiger charge is -2.23. The van der Waals surface area contributed by atoms with Gasteiger partial charge in [-0.3, -0.25) is 9.69 Å². The van der Waals surface area contributed by atoms with Crippen molar-refractivity contribution in [3.63, 3.8) is 0 Å². The summed E-state index contributed by atoms with van der Waals surface area (Å²) in [4.78, 5) is 22.5. The number of para-hydroxylation sites is 2. The fourth-order valence-electron chi connectivity index (χ4n) is 4.47. The number of fused-ring (bicyclic) bond motifs is 1. The van der Waals surface area contributed by atoms with Crippen LogP contribution in [0.1, 0.15) is 57.2 Å². The van der Waals surface area contributed by atoms with Crippen molar-refractivity contribution in [3.8, 4) is 0 Å². The average molecular weight is 405 g/mol. The number of rotatable bonds is 4. The monoisotopic (exact) mass is 404 g/mol. The van der Waals surface area contributed by atoms with Gasteiger partial charge in [0, 0.05) is 13.1 Å². The van der Waals surface area contributed by atoms with Crippen LogP contribution in [0.2, 0.25) is 0 Å². The van der Waals surface area contributed by atoms with Gasteiger partial charge in [0.25, 0.3) is 0 Å². The summed E-state index contributed by atoms with van der Waals surface area (Å²) in [6, 6.07) is 8.25. The number of halogens is 1. The van der Waals surface area contributed by atoms with E-state index in [1.54, 1.807) is 0 Å². The van der Waals surface area contributed by atoms with Gasteiger partial charge >= 0.3 is 0 Å². The van der Waals surface area contributed by atoms with Gasteiger partial charge < -0.3 is 9.47 Å². The highest BCUT2D eigenvalue weighted by Gasteiger charge is 2.20. The maximum absolute atomic E-state index is 13.0. The number of imidazole rings is 1. The average Bonchev–Trinajstić information content (AvgIpc) is 2.93. The zero-order chi connectivity index (χ0) is 18.5. The maximum atomic E-state index is 13.0. The zero-order valence-electron chi connectivity index (χ0n) is 16.8. The van der Waals surface area contributed by atoms with Gasteiger partial charge in [0.15, 0.2) is 0 Å². The van der Waals surface area contributed by atoms with E-state index in [4.69, 9.17) is 4.98 Å². The molecule has 1 aromatic heterocycles. The van der Waals surface area contributed by atoms with Crippen molar-refractivity contribution in [1.29, 1.82) is 0 Å². The second-order valence-corrected chi connectivity index (χ2v) is 8.09. The van der Waals surface area contributed by atoms with Crippen LogP contribution >= 0.6 is 12.4 Å². The molecule has 3 heterocycles. The van der Waals surface area contributed by atoms with Gasteiger partial charge in [0.2, 0.25) is 5.91 Å². The standard InChI is InChI=1S/C22H32N4O.ClH/c27-22(25-15-9-3-4-10-16-25)18-26-20-12-6-5-11-19(20)23-21(26)17-24-13-7-1-2-8-14-24;/h5-6,11-12H,1-4,7-10,13-18H2;1H. The first kappa shape index (κ1) is 21.1. The van der Waals surface area contributed by atoms with Crippen molar-refractivity contribution in [2.45, 2.75) is 64.5 Å². The van der Waals surface area contributed by atoms with Crippen LogP contribution in [-0.2, 0) is 17.9 Å². The van der Waals surface area contributed by atoms with E-state index < -0.39 is 0 Å². The Morgan fingerprint density at radius 1 is 0.857 bits per heavy atom. The fourth-order valence-corrected chi connectivity index (χ4v) is 4.47. The molecule has 2 aromatic rings. The van der Waals surface area contributed by atoms with E-state index in [9.17, 15) is 4.79 Å². The number of hydrogen-bond acceptors (Lipinski definition) is 3. The van der Waals surface area contributed by atoms with Crippen LogP contribution in [0.4, 0.5) is 0 Å². The number of likely N-dealkylation sites (tertiary alicyclic amines) is 2. The van der Waals surface area contributed by atoms with Crippen LogP contribution < -0.4 is 0 Å². The number of aromatic nitrogens is 2. The predicted molar refractivity (Wildman–Crippen MR) is 116 cm³/mol. The van der Waals surface area contributed by atoms with Crippen LogP contribution in [0.15, 0.2) is 24.3 Å². The van der Waals surface area contributed by atoms with Gasteiger partial charge in [-0.15, -0.1) is 12.4 Å². The fraction of sp³-hybridized carbons (Fsp3) is 0.636. The van der Waals surface area contributed by atoms with Crippen LogP contribution in [-0.4, -0.2) is 51.4 Å². The molecule has 2 saturated heterocycles. The highest BCUT2D eigenvalue weighted by atomic mass is 35.5. The molecule has 154 valence electrons. The Morgan fingerprint density at radius 3 is 2.14 bits per heavy atom. The Hall–Kier alpha value is -1.59. The second-order valence-electron chi connectivity index (χ2n) is 8.09. The molecule has 2 aliphatic heterocycles. The molecule has 4 rings (SSSR count). The molecule has 0 aliphatic carbocycles. The number of carbonyl (C=O) groups is 1. The first-order chi connectivity index (χ1) is 13.3. The number of hydrogen-bond donors (Lipinski definition) is 0. The Morgan fingerprint density at radius 2 is 1.46 bits per heavy atom. The molecule has 0 saturated carbocycles. The number of amides is 1. The molecule has 0 unspecified atom stereocenters. The lowest BCUT2D eigenvalue weighted by molar-refractivity contribution is -0.131. The van der Waals surface area contributed by atoms with E-state index in [0.29, 0.717) is 6.54 Å². The molecule has 0 atom stereocenters. The van der Waals surface area contributed by atoms with Crippen molar-refractivity contribution in [3.05, 3.63) is 30.1 Å². The quantitative estimate of drug-likeness (QED) is 0.765. The zero-order valence-corrected chi connectivity index (χ0v) is 17.6. The third-order valence-corrected chi connectivity index (χ3v) is 6.05. The summed E-state index contributed by atoms with van der Waals surface area (Å²) >= 11 is 0. The summed E-state index contributed by atoms with van der Waals surface area (Å²) in [6.45, 7) is 5.37. The summed E-state index contributed by atoms with van der Waals surface area (Å²) in [5.41, 5.74) is 2.09. The van der Waals surface area contributed by atoms with Crippen LogP contribution in [0.5, 0.6) is 0 Å². The molecule has 0 radical (unpaired) electrons. The molecular formula is C22H33ClN4O. The molecular weight excluding hydrogens is 372 g/mol. The molecule has 28 heavy (non-hydrogen) atoms. The molecule has 2 fully saturated rings. The topological polar surface area (TPSA) is 41.4 Å². The van der Waals surface area contributed by atoms with Crippen molar-refractivity contribution in [1.82, 2.24) is 19.4 Å². The Bertz CT molecular complexity index is 759. The molecule has 0 N–H and O–H groups in total. The summed E-state index contributed by atoms with van der Waals surface area (Å²) in [5.74, 6) is 1.29. The largest absolute Gasteiger partial charge is 0.341 e. The SMILES string of the molecule is Cl.O=C(Cn1c(CN2CCCCCC2)nc2ccccc21)N1CCCCCC1. The Balaban J connectivity index is 0.00000225. The summed E-state index contributed by atoms with van der Waals surface area (Å²) < 4.78 is 2.17. The van der Waals surface area contributed by atoms with E-state index in [0.717, 1.165) is 62.4 Å². The molecule has 1 aromatic carbocycles. The third kappa shape index (κ3) is 5.06. The maximum Gasteiger partial charge on any atom is 0.242 e. The van der Waals surface area contributed by atoms with Crippen molar-refractivity contribution >= 4 is 29.3 Å². The van der Waals surface area contributed by atoms with E-state index in [2.05, 4.69) is 26.5 Å². The van der Waals surface area contributed by atoms with Gasteiger partial charge in [-0.25, -0.2) is 4.98 Å². The lowest BCUT2D eigenvalue weighted by Crippen LogP contribution is -2.35. The van der Waals surface area contributed by atoms with Gasteiger partial charge in [-0.1, -0.05) is 37.8 Å². The number of nitrogens with zero attached hydrogens (tertiary/aromatic N) is 4. The highest BCUT2D eigenvalue weighted by Crippen LogP contribution is 2.20.